The van der Waals surface area contributed by atoms with Gasteiger partial charge >= 0.3 is 0 Å². The number of nitrogens with two attached hydrogens (primary N) is 1. The first-order chi connectivity index (χ1) is 19.2. The predicted octanol–water partition coefficient (Wildman–Crippen LogP) is -0.176. The molecule has 0 heterocycles. The molecule has 0 bridgehead atoms. The number of amides is 2. The summed E-state index contributed by atoms with van der Waals surface area (Å²) < 4.78 is 0. The van der Waals surface area contributed by atoms with Crippen LogP contribution in [0.2, 0.25) is 0 Å². The van der Waals surface area contributed by atoms with Crippen molar-refractivity contribution < 1.29 is 44.7 Å². The summed E-state index contributed by atoms with van der Waals surface area (Å²) in [4.78, 5) is 53.1. The molecule has 0 aromatic heterocycles. The third-order valence-electron chi connectivity index (χ3n) is 8.40. The summed E-state index contributed by atoms with van der Waals surface area (Å²) in [6, 6.07) is 1.54. The third-order valence-corrected chi connectivity index (χ3v) is 8.40. The van der Waals surface area contributed by atoms with E-state index in [1.165, 1.54) is 31.1 Å². The summed E-state index contributed by atoms with van der Waals surface area (Å²) in [7, 11) is 2.88. The van der Waals surface area contributed by atoms with Gasteiger partial charge in [-0.15, -0.1) is 0 Å². The van der Waals surface area contributed by atoms with Gasteiger partial charge < -0.3 is 41.9 Å². The Morgan fingerprint density at radius 3 is 2.39 bits per heavy atom. The van der Waals surface area contributed by atoms with E-state index in [0.29, 0.717) is 12.1 Å². The van der Waals surface area contributed by atoms with Gasteiger partial charge in [-0.3, -0.25) is 24.1 Å². The Kier molecular flexibility index (Phi) is 8.02. The van der Waals surface area contributed by atoms with E-state index < -0.39 is 87.3 Å². The van der Waals surface area contributed by atoms with Gasteiger partial charge in [0, 0.05) is 11.5 Å². The molecule has 1 fully saturated rings. The number of carbonyl (C=O) groups is 4. The number of hydrogen-bond acceptors (Lipinski definition) is 11. The van der Waals surface area contributed by atoms with Crippen molar-refractivity contribution in [2.45, 2.75) is 50.4 Å². The van der Waals surface area contributed by atoms with Crippen LogP contribution in [0.3, 0.4) is 0 Å². The Morgan fingerprint density at radius 2 is 1.80 bits per heavy atom. The Bertz CT molecular complexity index is 1380. The number of benzene rings is 1. The van der Waals surface area contributed by atoms with Crippen molar-refractivity contribution in [3.63, 3.8) is 0 Å². The molecule has 41 heavy (non-hydrogen) atoms. The minimum atomic E-state index is -2.99. The van der Waals surface area contributed by atoms with E-state index in [1.54, 1.807) is 6.92 Å². The number of hydrogen-bond donors (Lipinski definition) is 8. The molecule has 1 aromatic carbocycles. The standard InChI is InChI=1S/C28H36N4O9/c1-5-6-9-30-10-14(33)31-13-8-7-12-11(2)15-17(22(35)16(12)21(13)34)25(38)28(41)19(23(15)36)20(32(3)4)24(37)18(26(28)39)27(29)40/h7-8,11,15,19-20,23,30,34-36,39,41H,5-6,9-10H2,1-4H3,(H2,29,40)(H,31,33)/t11?,15?,19?,20-,23?,28?/m0/s1. The monoisotopic (exact) mass is 572 g/mol. The van der Waals surface area contributed by atoms with Gasteiger partial charge in [-0.25, -0.2) is 0 Å². The highest BCUT2D eigenvalue weighted by molar-refractivity contribution is 6.24. The van der Waals surface area contributed by atoms with Crippen LogP contribution in [0.25, 0.3) is 5.76 Å². The van der Waals surface area contributed by atoms with Crippen molar-refractivity contribution in [3.8, 4) is 5.75 Å². The second-order valence-electron chi connectivity index (χ2n) is 11.1. The number of nitrogens with zero attached hydrogens (tertiary/aromatic N) is 1. The Balaban J connectivity index is 1.85. The maximum atomic E-state index is 14.0. The number of ketones is 2. The molecule has 13 nitrogen and oxygen atoms in total. The molecule has 3 aliphatic carbocycles. The molecule has 0 aliphatic heterocycles. The normalized spacial score (nSPS) is 29.3. The molecule has 2 amide bonds. The molecule has 6 atom stereocenters. The van der Waals surface area contributed by atoms with Crippen LogP contribution in [0.1, 0.15) is 43.7 Å². The van der Waals surface area contributed by atoms with Crippen molar-refractivity contribution in [2.75, 3.05) is 32.5 Å². The van der Waals surface area contributed by atoms with E-state index in [4.69, 9.17) is 5.73 Å². The lowest BCUT2D eigenvalue weighted by Gasteiger charge is -2.53. The lowest BCUT2D eigenvalue weighted by molar-refractivity contribution is -0.169. The number of phenolic OH excluding ortho intramolecular Hbond substituents is 1. The molecule has 13 heteroatoms. The van der Waals surface area contributed by atoms with Crippen molar-refractivity contribution in [3.05, 3.63) is 40.2 Å². The fourth-order valence-corrected chi connectivity index (χ4v) is 6.42. The number of likely N-dealkylation sites (N-methyl/N-ethyl adjacent to an activating group) is 1. The Morgan fingerprint density at radius 1 is 1.15 bits per heavy atom. The van der Waals surface area contributed by atoms with E-state index in [0.717, 1.165) is 12.8 Å². The van der Waals surface area contributed by atoms with Crippen LogP contribution in [0.15, 0.2) is 29.0 Å². The number of primary amides is 1. The fraction of sp³-hybridized carbons (Fsp3) is 0.500. The number of aliphatic hydroxyl groups excluding tert-OH is 3. The van der Waals surface area contributed by atoms with Crippen molar-refractivity contribution in [1.29, 1.82) is 0 Å². The number of rotatable bonds is 8. The average Bonchev–Trinajstić information content (AvgIpc) is 2.89. The first-order valence-electron chi connectivity index (χ1n) is 13.4. The van der Waals surface area contributed by atoms with Crippen LogP contribution in [0.4, 0.5) is 5.69 Å². The minimum absolute atomic E-state index is 0.0270. The summed E-state index contributed by atoms with van der Waals surface area (Å²) >= 11 is 0. The highest BCUT2D eigenvalue weighted by Crippen LogP contribution is 2.56. The number of fused-ring (bicyclic) bond motifs is 3. The van der Waals surface area contributed by atoms with Crippen LogP contribution in [-0.4, -0.2) is 98.7 Å². The molecule has 0 saturated heterocycles. The topological polar surface area (TPSA) is 223 Å². The molecule has 5 unspecified atom stereocenters. The smallest absolute Gasteiger partial charge is 0.255 e. The number of nitrogens with one attached hydrogen (secondary N) is 2. The van der Waals surface area contributed by atoms with E-state index in [9.17, 15) is 44.7 Å². The third kappa shape index (κ3) is 4.49. The molecule has 9 N–H and O–H groups in total. The lowest BCUT2D eigenvalue weighted by Crippen LogP contribution is -2.70. The molecule has 1 saturated carbocycles. The summed E-state index contributed by atoms with van der Waals surface area (Å²) in [5, 5.41) is 62.3. The summed E-state index contributed by atoms with van der Waals surface area (Å²) in [6.45, 7) is 4.24. The SMILES string of the molecule is CCCCNCC(=O)Nc1ccc2c(c1O)C(O)=C1C(=O)C3(O)C(O)=C(C(N)=O)C(=O)[C@@H](N(C)C)C3C(O)C1C2C. The maximum absolute atomic E-state index is 14.0. The zero-order valence-corrected chi connectivity index (χ0v) is 23.3. The summed E-state index contributed by atoms with van der Waals surface area (Å²) in [5.74, 6) is -10.2. The van der Waals surface area contributed by atoms with Crippen molar-refractivity contribution in [1.82, 2.24) is 10.2 Å². The van der Waals surface area contributed by atoms with Gasteiger partial charge in [-0.1, -0.05) is 26.3 Å². The fourth-order valence-electron chi connectivity index (χ4n) is 6.42. The average molecular weight is 573 g/mol. The Hall–Kier alpha value is -3.78. The minimum Gasteiger partial charge on any atom is -0.508 e. The summed E-state index contributed by atoms with van der Waals surface area (Å²) in [6.07, 6.45) is 0.141. The first-order valence-corrected chi connectivity index (χ1v) is 13.4. The van der Waals surface area contributed by atoms with E-state index >= 15 is 0 Å². The number of carbonyl (C=O) groups excluding carboxylic acids is 4. The number of aromatic hydroxyl groups is 1. The molecular formula is C28H36N4O9. The largest absolute Gasteiger partial charge is 0.508 e. The summed E-state index contributed by atoms with van der Waals surface area (Å²) in [5.41, 5.74) is 0.950. The zero-order valence-electron chi connectivity index (χ0n) is 23.3. The van der Waals surface area contributed by atoms with E-state index in [-0.39, 0.29) is 17.8 Å². The number of phenols is 1. The number of Topliss-reactive ketones (excluding diaryl/α,β-unsaturated/α-hetero) is 2. The van der Waals surface area contributed by atoms with Crippen LogP contribution < -0.4 is 16.4 Å². The van der Waals surface area contributed by atoms with Crippen molar-refractivity contribution >= 4 is 34.8 Å². The molecule has 222 valence electrons. The molecule has 0 spiro atoms. The highest BCUT2D eigenvalue weighted by atomic mass is 16.4. The van der Waals surface area contributed by atoms with E-state index in [1.807, 2.05) is 6.92 Å². The number of aliphatic hydroxyl groups is 4. The van der Waals surface area contributed by atoms with Crippen LogP contribution in [-0.2, 0) is 19.2 Å². The number of unbranched alkanes of at least 4 members (excludes halogenated alkanes) is 1. The van der Waals surface area contributed by atoms with Crippen LogP contribution in [0.5, 0.6) is 5.75 Å². The molecular weight excluding hydrogens is 536 g/mol. The predicted molar refractivity (Wildman–Crippen MR) is 147 cm³/mol. The molecule has 0 radical (unpaired) electrons. The lowest BCUT2D eigenvalue weighted by atomic mass is 9.54. The second kappa shape index (κ2) is 10.9. The highest BCUT2D eigenvalue weighted by Gasteiger charge is 2.68. The van der Waals surface area contributed by atoms with E-state index in [2.05, 4.69) is 10.6 Å². The molecule has 1 aromatic rings. The van der Waals surface area contributed by atoms with Gasteiger partial charge in [-0.2, -0.15) is 0 Å². The second-order valence-corrected chi connectivity index (χ2v) is 11.1. The van der Waals surface area contributed by atoms with Crippen molar-refractivity contribution in [2.24, 2.45) is 17.6 Å². The quantitative estimate of drug-likeness (QED) is 0.116. The van der Waals surface area contributed by atoms with Gasteiger partial charge in [0.25, 0.3) is 5.91 Å². The maximum Gasteiger partial charge on any atom is 0.255 e. The Labute approximate surface area is 236 Å². The van der Waals surface area contributed by atoms with Gasteiger partial charge in [0.15, 0.2) is 11.4 Å². The van der Waals surface area contributed by atoms with Gasteiger partial charge in [0.1, 0.15) is 22.8 Å². The van der Waals surface area contributed by atoms with Gasteiger partial charge in [0.2, 0.25) is 11.7 Å². The van der Waals surface area contributed by atoms with Gasteiger partial charge in [0.05, 0.1) is 35.9 Å². The van der Waals surface area contributed by atoms with Gasteiger partial charge in [-0.05, 0) is 44.6 Å². The molecule has 3 aliphatic rings. The number of anilines is 1. The first kappa shape index (κ1) is 30.2. The van der Waals surface area contributed by atoms with Crippen LogP contribution in [0, 0.1) is 11.8 Å². The zero-order chi connectivity index (χ0) is 30.5. The van der Waals surface area contributed by atoms with Crippen LogP contribution >= 0.6 is 0 Å². The molecule has 4 rings (SSSR count).